The normalized spacial score (nSPS) is 11.8. The van der Waals surface area contributed by atoms with Crippen molar-refractivity contribution in [1.29, 1.82) is 0 Å². The van der Waals surface area contributed by atoms with Gasteiger partial charge in [0.2, 0.25) is 0 Å². The third kappa shape index (κ3) is 5.39. The van der Waals surface area contributed by atoms with Gasteiger partial charge in [-0.3, -0.25) is 0 Å². The molecule has 146 valence electrons. The molecule has 0 radical (unpaired) electrons. The van der Waals surface area contributed by atoms with E-state index in [4.69, 9.17) is 0 Å². The van der Waals surface area contributed by atoms with Gasteiger partial charge < -0.3 is 10.2 Å². The maximum Gasteiger partial charge on any atom is 0.0693 e. The van der Waals surface area contributed by atoms with E-state index < -0.39 is 0 Å². The Labute approximate surface area is 170 Å². The van der Waals surface area contributed by atoms with Crippen LogP contribution < -0.4 is 10.2 Å². The van der Waals surface area contributed by atoms with Crippen LogP contribution in [0.1, 0.15) is 46.0 Å². The fraction of sp³-hybridized carbons (Fsp3) is 0.308. The highest BCUT2D eigenvalue weighted by molar-refractivity contribution is 5.84. The van der Waals surface area contributed by atoms with Crippen LogP contribution in [0.3, 0.4) is 0 Å². The van der Waals surface area contributed by atoms with E-state index in [1.807, 2.05) is 0 Å². The monoisotopic (exact) mass is 372 g/mol. The van der Waals surface area contributed by atoms with Crippen LogP contribution in [0.2, 0.25) is 0 Å². The van der Waals surface area contributed by atoms with Gasteiger partial charge in [-0.2, -0.15) is 0 Å². The Morgan fingerprint density at radius 2 is 1.29 bits per heavy atom. The van der Waals surface area contributed by atoms with Crippen LogP contribution in [0.15, 0.2) is 84.9 Å². The highest BCUT2D eigenvalue weighted by Crippen LogP contribution is 2.38. The van der Waals surface area contributed by atoms with Crippen LogP contribution in [0.4, 0.5) is 22.7 Å². The quantitative estimate of drug-likeness (QED) is 0.363. The van der Waals surface area contributed by atoms with E-state index >= 15 is 0 Å². The molecule has 0 aliphatic rings. The summed E-state index contributed by atoms with van der Waals surface area (Å²) in [6.45, 7) is 4.55. The van der Waals surface area contributed by atoms with Crippen molar-refractivity contribution in [3.63, 3.8) is 0 Å². The zero-order chi connectivity index (χ0) is 19.6. The van der Waals surface area contributed by atoms with Crippen molar-refractivity contribution in [2.24, 2.45) is 0 Å². The van der Waals surface area contributed by atoms with Crippen LogP contribution >= 0.6 is 0 Å². The number of nitrogens with zero attached hydrogens (tertiary/aromatic N) is 1. The number of benzene rings is 3. The van der Waals surface area contributed by atoms with Crippen molar-refractivity contribution in [2.45, 2.75) is 52.0 Å². The lowest BCUT2D eigenvalue weighted by molar-refractivity contribution is 0.594. The van der Waals surface area contributed by atoms with Gasteiger partial charge in [0.05, 0.1) is 11.4 Å². The molecule has 0 amide bonds. The second kappa shape index (κ2) is 10.6. The van der Waals surface area contributed by atoms with E-state index in [0.717, 1.165) is 0 Å². The average Bonchev–Trinajstić information content (AvgIpc) is 2.74. The number of rotatable bonds is 10. The zero-order valence-electron chi connectivity index (χ0n) is 17.1. The average molecular weight is 373 g/mol. The molecule has 1 atom stereocenters. The largest absolute Gasteiger partial charge is 0.381 e. The molecule has 3 aromatic rings. The summed E-state index contributed by atoms with van der Waals surface area (Å²) < 4.78 is 0. The molecule has 0 heterocycles. The summed E-state index contributed by atoms with van der Waals surface area (Å²) in [5, 5.41) is 3.77. The second-order valence-corrected chi connectivity index (χ2v) is 7.42. The van der Waals surface area contributed by atoms with Gasteiger partial charge in [-0.1, -0.05) is 81.1 Å². The predicted molar refractivity (Wildman–Crippen MR) is 123 cm³/mol. The highest BCUT2D eigenvalue weighted by Gasteiger charge is 2.16. The SMILES string of the molecule is CCCCCCC(C)Nc1ccccc1N(c1ccccc1)c1ccccc1. The van der Waals surface area contributed by atoms with Crippen molar-refractivity contribution in [3.8, 4) is 0 Å². The lowest BCUT2D eigenvalue weighted by Crippen LogP contribution is -2.18. The van der Waals surface area contributed by atoms with Crippen LogP contribution in [0, 0.1) is 0 Å². The van der Waals surface area contributed by atoms with E-state index in [1.54, 1.807) is 0 Å². The molecule has 1 N–H and O–H groups in total. The number of hydrogen-bond donors (Lipinski definition) is 1. The summed E-state index contributed by atoms with van der Waals surface area (Å²) in [6, 6.07) is 30.2. The maximum atomic E-state index is 3.77. The summed E-state index contributed by atoms with van der Waals surface area (Å²) in [4.78, 5) is 2.33. The molecule has 0 bridgehead atoms. The lowest BCUT2D eigenvalue weighted by Gasteiger charge is -2.29. The van der Waals surface area contributed by atoms with Crippen molar-refractivity contribution in [2.75, 3.05) is 10.2 Å². The molecule has 3 rings (SSSR count). The fourth-order valence-electron chi connectivity index (χ4n) is 3.59. The predicted octanol–water partition coefficient (Wildman–Crippen LogP) is 7.93. The molecule has 0 saturated heterocycles. The Morgan fingerprint density at radius 3 is 1.89 bits per heavy atom. The minimum Gasteiger partial charge on any atom is -0.381 e. The Hall–Kier alpha value is -2.74. The molecule has 0 saturated carbocycles. The van der Waals surface area contributed by atoms with Crippen LogP contribution in [-0.2, 0) is 0 Å². The minimum atomic E-state index is 0.450. The first-order valence-corrected chi connectivity index (χ1v) is 10.6. The van der Waals surface area contributed by atoms with E-state index in [-0.39, 0.29) is 0 Å². The summed E-state index contributed by atoms with van der Waals surface area (Å²) in [5.41, 5.74) is 4.69. The van der Waals surface area contributed by atoms with Gasteiger partial charge in [0.15, 0.2) is 0 Å². The molecule has 0 aliphatic carbocycles. The molecule has 2 nitrogen and oxygen atoms in total. The first-order chi connectivity index (χ1) is 13.8. The van der Waals surface area contributed by atoms with Crippen molar-refractivity contribution in [1.82, 2.24) is 0 Å². The number of nitrogens with one attached hydrogen (secondary N) is 1. The Morgan fingerprint density at radius 1 is 0.714 bits per heavy atom. The minimum absolute atomic E-state index is 0.450. The van der Waals surface area contributed by atoms with Gasteiger partial charge in [0.25, 0.3) is 0 Å². The van der Waals surface area contributed by atoms with Gasteiger partial charge in [-0.05, 0) is 49.7 Å². The first-order valence-electron chi connectivity index (χ1n) is 10.6. The third-order valence-electron chi connectivity index (χ3n) is 5.07. The summed E-state index contributed by atoms with van der Waals surface area (Å²) in [6.07, 6.45) is 6.42. The van der Waals surface area contributed by atoms with Crippen molar-refractivity contribution >= 4 is 22.7 Å². The molecule has 0 fully saturated rings. The molecule has 0 aromatic heterocycles. The van der Waals surface area contributed by atoms with Crippen molar-refractivity contribution < 1.29 is 0 Å². The number of para-hydroxylation sites is 4. The second-order valence-electron chi connectivity index (χ2n) is 7.42. The van der Waals surface area contributed by atoms with Crippen LogP contribution in [0.5, 0.6) is 0 Å². The molecule has 28 heavy (non-hydrogen) atoms. The van der Waals surface area contributed by atoms with Gasteiger partial charge in [-0.15, -0.1) is 0 Å². The molecular weight excluding hydrogens is 340 g/mol. The topological polar surface area (TPSA) is 15.3 Å². The van der Waals surface area contributed by atoms with Gasteiger partial charge in [-0.25, -0.2) is 0 Å². The number of anilines is 4. The first kappa shape index (κ1) is 20.0. The molecular formula is C26H32N2. The smallest absolute Gasteiger partial charge is 0.0693 e. The Bertz CT molecular complexity index is 775. The third-order valence-corrected chi connectivity index (χ3v) is 5.07. The molecule has 2 heteroatoms. The molecule has 1 unspecified atom stereocenters. The summed E-state index contributed by atoms with van der Waals surface area (Å²) in [7, 11) is 0. The number of hydrogen-bond acceptors (Lipinski definition) is 2. The lowest BCUT2D eigenvalue weighted by atomic mass is 10.1. The van der Waals surface area contributed by atoms with Crippen LogP contribution in [0.25, 0.3) is 0 Å². The maximum absolute atomic E-state index is 3.77. The van der Waals surface area contributed by atoms with E-state index in [0.29, 0.717) is 6.04 Å². The van der Waals surface area contributed by atoms with Gasteiger partial charge >= 0.3 is 0 Å². The highest BCUT2D eigenvalue weighted by atomic mass is 15.2. The Kier molecular flexibility index (Phi) is 7.54. The van der Waals surface area contributed by atoms with Crippen LogP contribution in [-0.4, -0.2) is 6.04 Å². The molecule has 0 spiro atoms. The Balaban J connectivity index is 1.87. The van der Waals surface area contributed by atoms with E-state index in [2.05, 4.69) is 109 Å². The number of unbranched alkanes of at least 4 members (excludes halogenated alkanes) is 3. The summed E-state index contributed by atoms with van der Waals surface area (Å²) >= 11 is 0. The van der Waals surface area contributed by atoms with E-state index in [9.17, 15) is 0 Å². The van der Waals surface area contributed by atoms with Crippen molar-refractivity contribution in [3.05, 3.63) is 84.9 Å². The van der Waals surface area contributed by atoms with Gasteiger partial charge in [0, 0.05) is 17.4 Å². The molecule has 3 aromatic carbocycles. The van der Waals surface area contributed by atoms with Gasteiger partial charge in [0.1, 0.15) is 0 Å². The fourth-order valence-corrected chi connectivity index (χ4v) is 3.59. The van der Waals surface area contributed by atoms with E-state index in [1.165, 1.54) is 54.9 Å². The summed E-state index contributed by atoms with van der Waals surface area (Å²) in [5.74, 6) is 0. The standard InChI is InChI=1S/C26H32N2/c1-3-4-5-8-15-22(2)27-25-20-13-14-21-26(25)28(23-16-9-6-10-17-23)24-18-11-7-12-19-24/h6-7,9-14,16-22,27H,3-5,8,15H2,1-2H3. The zero-order valence-corrected chi connectivity index (χ0v) is 17.1. The molecule has 0 aliphatic heterocycles.